The molecule has 0 aliphatic carbocycles. The Morgan fingerprint density at radius 2 is 2.04 bits per heavy atom. The highest BCUT2D eigenvalue weighted by Crippen LogP contribution is 2.23. The number of rotatable bonds is 4. The lowest BCUT2D eigenvalue weighted by atomic mass is 10.1. The van der Waals surface area contributed by atoms with Crippen LogP contribution in [0.3, 0.4) is 0 Å². The van der Waals surface area contributed by atoms with E-state index in [0.29, 0.717) is 0 Å². The van der Waals surface area contributed by atoms with Gasteiger partial charge in [-0.2, -0.15) is 0 Å². The van der Waals surface area contributed by atoms with E-state index in [1.807, 2.05) is 18.2 Å². The molecule has 23 heavy (non-hydrogen) atoms. The lowest BCUT2D eigenvalue weighted by Crippen LogP contribution is -1.90. The molecule has 0 aliphatic rings. The van der Waals surface area contributed by atoms with Gasteiger partial charge in [0.05, 0.1) is 11.8 Å². The Morgan fingerprint density at radius 3 is 2.78 bits per heavy atom. The van der Waals surface area contributed by atoms with Crippen LogP contribution in [0.4, 0.5) is 0 Å². The van der Waals surface area contributed by atoms with E-state index in [-0.39, 0.29) is 0 Å². The van der Waals surface area contributed by atoms with Crippen LogP contribution >= 0.6 is 11.8 Å². The summed E-state index contributed by atoms with van der Waals surface area (Å²) in [6.07, 6.45) is 6.30. The average molecular weight is 321 g/mol. The molecular formula is C18H15N3OS. The smallest absolute Gasteiger partial charge is 0.177 e. The first-order valence-corrected chi connectivity index (χ1v) is 8.56. The van der Waals surface area contributed by atoms with Crippen molar-refractivity contribution in [3.8, 4) is 11.3 Å². The Labute approximate surface area is 138 Å². The number of nitrogens with zero attached hydrogens (tertiary/aromatic N) is 2. The molecule has 0 bridgehead atoms. The number of aromatic amines is 1. The minimum atomic E-state index is 0.732. The Morgan fingerprint density at radius 1 is 1.17 bits per heavy atom. The number of furan rings is 1. The number of fused-ring (bicyclic) bond motifs is 1. The maximum Gasteiger partial charge on any atom is 0.177 e. The largest absolute Gasteiger partial charge is 0.464 e. The van der Waals surface area contributed by atoms with E-state index in [4.69, 9.17) is 4.42 Å². The average Bonchev–Trinajstić information content (AvgIpc) is 3.24. The number of aromatic nitrogens is 3. The van der Waals surface area contributed by atoms with Crippen molar-refractivity contribution in [3.05, 3.63) is 66.3 Å². The first kappa shape index (κ1) is 14.1. The molecule has 1 aromatic carbocycles. The molecular weight excluding hydrogens is 306 g/mol. The maximum absolute atomic E-state index is 5.42. The van der Waals surface area contributed by atoms with Gasteiger partial charge >= 0.3 is 0 Å². The third kappa shape index (κ3) is 2.87. The molecule has 0 saturated heterocycles. The zero-order valence-electron chi connectivity index (χ0n) is 12.6. The summed E-state index contributed by atoms with van der Waals surface area (Å²) in [5.41, 5.74) is 3.83. The van der Waals surface area contributed by atoms with E-state index in [2.05, 4.69) is 45.5 Å². The van der Waals surface area contributed by atoms with Crippen molar-refractivity contribution in [3.63, 3.8) is 0 Å². The van der Waals surface area contributed by atoms with Gasteiger partial charge in [-0.15, -0.1) is 11.8 Å². The van der Waals surface area contributed by atoms with Gasteiger partial charge in [0.1, 0.15) is 11.6 Å². The Kier molecular flexibility index (Phi) is 3.63. The molecule has 3 heterocycles. The number of hydrogen-bond donors (Lipinski definition) is 1. The number of imidazole rings is 1. The lowest BCUT2D eigenvalue weighted by molar-refractivity contribution is 0.582. The van der Waals surface area contributed by atoms with Gasteiger partial charge in [-0.25, -0.2) is 9.97 Å². The second-order valence-corrected chi connectivity index (χ2v) is 6.16. The van der Waals surface area contributed by atoms with Gasteiger partial charge in [0, 0.05) is 23.1 Å². The normalized spacial score (nSPS) is 11.2. The van der Waals surface area contributed by atoms with E-state index < -0.39 is 0 Å². The fourth-order valence-corrected chi connectivity index (χ4v) is 2.96. The molecule has 0 fully saturated rings. The summed E-state index contributed by atoms with van der Waals surface area (Å²) in [5, 5.41) is 0. The standard InChI is InChI=1S/C18H15N3OS/c1-23-14-6-4-12(5-7-14)9-17-20-15-10-13(11-19-18(15)21-17)16-3-2-8-22-16/h2-8,10-11H,9H2,1H3,(H,19,20,21). The quantitative estimate of drug-likeness (QED) is 0.561. The molecule has 0 spiro atoms. The second kappa shape index (κ2) is 5.93. The van der Waals surface area contributed by atoms with E-state index >= 15 is 0 Å². The van der Waals surface area contributed by atoms with Gasteiger partial charge in [-0.1, -0.05) is 12.1 Å². The molecule has 4 rings (SSSR count). The molecule has 0 unspecified atom stereocenters. The number of thioether (sulfide) groups is 1. The second-order valence-electron chi connectivity index (χ2n) is 5.28. The first-order chi connectivity index (χ1) is 11.3. The summed E-state index contributed by atoms with van der Waals surface area (Å²) in [7, 11) is 0. The van der Waals surface area contributed by atoms with Gasteiger partial charge in [0.2, 0.25) is 0 Å². The predicted octanol–water partition coefficient (Wildman–Crippen LogP) is 4.53. The van der Waals surface area contributed by atoms with Crippen molar-refractivity contribution in [2.45, 2.75) is 11.3 Å². The van der Waals surface area contributed by atoms with Crippen LogP contribution in [0, 0.1) is 0 Å². The zero-order valence-corrected chi connectivity index (χ0v) is 13.4. The molecule has 0 amide bonds. The molecule has 0 aliphatic heterocycles. The summed E-state index contributed by atoms with van der Waals surface area (Å²) in [6, 6.07) is 14.4. The predicted molar refractivity (Wildman–Crippen MR) is 92.6 cm³/mol. The van der Waals surface area contributed by atoms with Gasteiger partial charge in [-0.05, 0) is 42.2 Å². The minimum Gasteiger partial charge on any atom is -0.464 e. The van der Waals surface area contributed by atoms with Gasteiger partial charge in [0.25, 0.3) is 0 Å². The maximum atomic E-state index is 5.42. The molecule has 4 aromatic rings. The van der Waals surface area contributed by atoms with Crippen molar-refractivity contribution in [2.24, 2.45) is 0 Å². The Bertz CT molecular complexity index is 927. The highest BCUT2D eigenvalue weighted by molar-refractivity contribution is 7.98. The highest BCUT2D eigenvalue weighted by atomic mass is 32.2. The SMILES string of the molecule is CSc1ccc(Cc2nc3ncc(-c4ccco4)cc3[nH]2)cc1. The number of hydrogen-bond acceptors (Lipinski definition) is 4. The molecule has 4 nitrogen and oxygen atoms in total. The number of H-pyrrole nitrogens is 1. The number of nitrogens with one attached hydrogen (secondary N) is 1. The van der Waals surface area contributed by atoms with Crippen LogP contribution in [-0.2, 0) is 6.42 Å². The summed E-state index contributed by atoms with van der Waals surface area (Å²) >= 11 is 1.75. The third-order valence-corrected chi connectivity index (χ3v) is 4.47. The number of benzene rings is 1. The highest BCUT2D eigenvalue weighted by Gasteiger charge is 2.08. The number of pyridine rings is 1. The van der Waals surface area contributed by atoms with Gasteiger partial charge < -0.3 is 9.40 Å². The Hall–Kier alpha value is -2.53. The summed E-state index contributed by atoms with van der Waals surface area (Å²) in [6.45, 7) is 0. The topological polar surface area (TPSA) is 54.7 Å². The van der Waals surface area contributed by atoms with Crippen molar-refractivity contribution < 1.29 is 4.42 Å². The van der Waals surface area contributed by atoms with Gasteiger partial charge in [0.15, 0.2) is 5.65 Å². The zero-order chi connectivity index (χ0) is 15.6. The van der Waals surface area contributed by atoms with E-state index in [1.54, 1.807) is 24.2 Å². The van der Waals surface area contributed by atoms with Crippen molar-refractivity contribution >= 4 is 22.9 Å². The van der Waals surface area contributed by atoms with Crippen LogP contribution in [0.25, 0.3) is 22.5 Å². The molecule has 0 radical (unpaired) electrons. The molecule has 0 atom stereocenters. The molecule has 5 heteroatoms. The molecule has 0 saturated carbocycles. The van der Waals surface area contributed by atoms with Crippen LogP contribution in [0.2, 0.25) is 0 Å². The van der Waals surface area contributed by atoms with Crippen LogP contribution in [0.15, 0.2) is 64.2 Å². The summed E-state index contributed by atoms with van der Waals surface area (Å²) in [5.74, 6) is 1.73. The molecule has 114 valence electrons. The third-order valence-electron chi connectivity index (χ3n) is 3.72. The fraction of sp³-hybridized carbons (Fsp3) is 0.111. The van der Waals surface area contributed by atoms with Crippen molar-refractivity contribution in [2.75, 3.05) is 6.26 Å². The van der Waals surface area contributed by atoms with Crippen LogP contribution in [-0.4, -0.2) is 21.2 Å². The fourth-order valence-electron chi connectivity index (χ4n) is 2.55. The van der Waals surface area contributed by atoms with Crippen LogP contribution < -0.4 is 0 Å². The Balaban J connectivity index is 1.63. The van der Waals surface area contributed by atoms with E-state index in [1.165, 1.54) is 10.5 Å². The summed E-state index contributed by atoms with van der Waals surface area (Å²) in [4.78, 5) is 13.6. The van der Waals surface area contributed by atoms with Crippen LogP contribution in [0.1, 0.15) is 11.4 Å². The molecule has 1 N–H and O–H groups in total. The first-order valence-electron chi connectivity index (χ1n) is 7.33. The van der Waals surface area contributed by atoms with E-state index in [0.717, 1.165) is 34.7 Å². The molecule has 3 aromatic heterocycles. The van der Waals surface area contributed by atoms with Crippen molar-refractivity contribution in [1.82, 2.24) is 15.0 Å². The monoisotopic (exact) mass is 321 g/mol. The van der Waals surface area contributed by atoms with Crippen molar-refractivity contribution in [1.29, 1.82) is 0 Å². The lowest BCUT2D eigenvalue weighted by Gasteiger charge is -2.00. The van der Waals surface area contributed by atoms with Crippen LogP contribution in [0.5, 0.6) is 0 Å². The minimum absolute atomic E-state index is 0.732. The van der Waals surface area contributed by atoms with Gasteiger partial charge in [-0.3, -0.25) is 0 Å². The summed E-state index contributed by atoms with van der Waals surface area (Å²) < 4.78 is 5.42. The van der Waals surface area contributed by atoms with E-state index in [9.17, 15) is 0 Å².